The SMILES string of the molecule is COc1ccccc1C1=C(SCc2ccccc2)C(=O)N(CCc2ccc(F)cc2)C1=O. The first kappa shape index (κ1) is 21.8. The number of para-hydroxylation sites is 1. The molecule has 0 bridgehead atoms. The van der Waals surface area contributed by atoms with E-state index in [0.29, 0.717) is 34.0 Å². The summed E-state index contributed by atoms with van der Waals surface area (Å²) in [7, 11) is 1.55. The summed E-state index contributed by atoms with van der Waals surface area (Å²) < 4.78 is 18.7. The Balaban J connectivity index is 1.63. The molecule has 3 aromatic rings. The van der Waals surface area contributed by atoms with Gasteiger partial charge < -0.3 is 4.74 Å². The maximum Gasteiger partial charge on any atom is 0.268 e. The van der Waals surface area contributed by atoms with Crippen LogP contribution in [0.4, 0.5) is 4.39 Å². The van der Waals surface area contributed by atoms with Gasteiger partial charge in [-0.2, -0.15) is 0 Å². The van der Waals surface area contributed by atoms with Crippen LogP contribution in [0.5, 0.6) is 5.75 Å². The highest BCUT2D eigenvalue weighted by Gasteiger charge is 2.39. The van der Waals surface area contributed by atoms with Crippen LogP contribution in [0.3, 0.4) is 0 Å². The molecule has 0 saturated heterocycles. The van der Waals surface area contributed by atoms with Gasteiger partial charge >= 0.3 is 0 Å². The third-order valence-corrected chi connectivity index (χ3v) is 6.41. The lowest BCUT2D eigenvalue weighted by molar-refractivity contribution is -0.136. The van der Waals surface area contributed by atoms with E-state index in [9.17, 15) is 14.0 Å². The number of benzene rings is 3. The lowest BCUT2D eigenvalue weighted by Gasteiger charge is -2.15. The summed E-state index contributed by atoms with van der Waals surface area (Å²) in [6.45, 7) is 0.220. The second kappa shape index (κ2) is 9.83. The van der Waals surface area contributed by atoms with Gasteiger partial charge in [-0.1, -0.05) is 60.7 Å². The van der Waals surface area contributed by atoms with Gasteiger partial charge in [-0.15, -0.1) is 11.8 Å². The van der Waals surface area contributed by atoms with Crippen molar-refractivity contribution < 1.29 is 18.7 Å². The Morgan fingerprint density at radius 1 is 0.844 bits per heavy atom. The van der Waals surface area contributed by atoms with E-state index in [0.717, 1.165) is 11.1 Å². The van der Waals surface area contributed by atoms with Crippen LogP contribution in [0.2, 0.25) is 0 Å². The van der Waals surface area contributed by atoms with E-state index < -0.39 is 0 Å². The normalized spacial score (nSPS) is 13.8. The number of nitrogens with zero attached hydrogens (tertiary/aromatic N) is 1. The van der Waals surface area contributed by atoms with Crippen LogP contribution < -0.4 is 4.74 Å². The summed E-state index contributed by atoms with van der Waals surface area (Å²) >= 11 is 1.36. The molecule has 0 atom stereocenters. The van der Waals surface area contributed by atoms with Crippen molar-refractivity contribution in [2.75, 3.05) is 13.7 Å². The highest BCUT2D eigenvalue weighted by molar-refractivity contribution is 8.03. The van der Waals surface area contributed by atoms with Crippen molar-refractivity contribution in [2.24, 2.45) is 0 Å². The molecule has 1 heterocycles. The van der Waals surface area contributed by atoms with Gasteiger partial charge in [0.1, 0.15) is 11.6 Å². The number of methoxy groups -OCH3 is 1. The highest BCUT2D eigenvalue weighted by atomic mass is 32.2. The van der Waals surface area contributed by atoms with Crippen LogP contribution in [0.15, 0.2) is 83.8 Å². The van der Waals surface area contributed by atoms with Crippen LogP contribution in [0, 0.1) is 5.82 Å². The quantitative estimate of drug-likeness (QED) is 0.451. The number of imide groups is 1. The number of rotatable bonds is 8. The Bertz CT molecular complexity index is 1160. The van der Waals surface area contributed by atoms with Crippen LogP contribution in [-0.2, 0) is 21.8 Å². The van der Waals surface area contributed by atoms with Crippen molar-refractivity contribution in [3.8, 4) is 5.75 Å². The molecule has 0 spiro atoms. The van der Waals surface area contributed by atoms with Gasteiger partial charge in [-0.05, 0) is 35.7 Å². The molecular formula is C26H22FNO3S. The van der Waals surface area contributed by atoms with Crippen molar-refractivity contribution in [3.05, 3.63) is 106 Å². The molecule has 0 aromatic heterocycles. The van der Waals surface area contributed by atoms with Crippen molar-refractivity contribution >= 4 is 29.1 Å². The predicted molar refractivity (Wildman–Crippen MR) is 124 cm³/mol. The van der Waals surface area contributed by atoms with Gasteiger partial charge in [0, 0.05) is 17.9 Å². The fraction of sp³-hybridized carbons (Fsp3) is 0.154. The van der Waals surface area contributed by atoms with E-state index in [1.807, 2.05) is 42.5 Å². The van der Waals surface area contributed by atoms with Crippen LogP contribution in [0.25, 0.3) is 5.57 Å². The van der Waals surface area contributed by atoms with E-state index in [1.54, 1.807) is 31.4 Å². The monoisotopic (exact) mass is 447 g/mol. The van der Waals surface area contributed by atoms with Gasteiger partial charge in [0.05, 0.1) is 17.6 Å². The molecule has 0 radical (unpaired) electrons. The molecule has 1 aliphatic rings. The van der Waals surface area contributed by atoms with Gasteiger partial charge in [-0.3, -0.25) is 14.5 Å². The zero-order valence-corrected chi connectivity index (χ0v) is 18.4. The first-order valence-electron chi connectivity index (χ1n) is 10.2. The summed E-state index contributed by atoms with van der Waals surface area (Å²) in [5.41, 5.74) is 2.89. The summed E-state index contributed by atoms with van der Waals surface area (Å²) in [6.07, 6.45) is 0.452. The molecule has 1 aliphatic heterocycles. The lowest BCUT2D eigenvalue weighted by Crippen LogP contribution is -2.33. The summed E-state index contributed by atoms with van der Waals surface area (Å²) in [5, 5.41) is 0. The second-order valence-electron chi connectivity index (χ2n) is 7.32. The molecule has 0 aliphatic carbocycles. The van der Waals surface area contributed by atoms with Gasteiger partial charge in [0.15, 0.2) is 0 Å². The summed E-state index contributed by atoms with van der Waals surface area (Å²) in [5.74, 6) is 0.152. The molecule has 0 saturated carbocycles. The Kier molecular flexibility index (Phi) is 6.71. The number of hydrogen-bond acceptors (Lipinski definition) is 4. The molecule has 0 unspecified atom stereocenters. The minimum atomic E-state index is -0.336. The Hall–Kier alpha value is -3.38. The van der Waals surface area contributed by atoms with Gasteiger partial charge in [0.25, 0.3) is 11.8 Å². The van der Waals surface area contributed by atoms with Gasteiger partial charge in [-0.25, -0.2) is 4.39 Å². The third kappa shape index (κ3) is 4.60. The first-order valence-corrected chi connectivity index (χ1v) is 11.2. The number of thioether (sulfide) groups is 1. The predicted octanol–water partition coefficient (Wildman–Crippen LogP) is 5.09. The summed E-state index contributed by atoms with van der Waals surface area (Å²) in [6, 6.07) is 23.1. The van der Waals surface area contributed by atoms with E-state index in [-0.39, 0.29) is 24.2 Å². The third-order valence-electron chi connectivity index (χ3n) is 5.27. The van der Waals surface area contributed by atoms with Crippen molar-refractivity contribution in [2.45, 2.75) is 12.2 Å². The lowest BCUT2D eigenvalue weighted by atomic mass is 10.0. The molecule has 6 heteroatoms. The average molecular weight is 448 g/mol. The number of ether oxygens (including phenoxy) is 1. The topological polar surface area (TPSA) is 46.6 Å². The maximum atomic E-state index is 13.4. The highest BCUT2D eigenvalue weighted by Crippen LogP contribution is 2.40. The first-order chi connectivity index (χ1) is 15.6. The molecular weight excluding hydrogens is 425 g/mol. The van der Waals surface area contributed by atoms with Crippen LogP contribution >= 0.6 is 11.8 Å². The fourth-order valence-electron chi connectivity index (χ4n) is 3.60. The second-order valence-corrected chi connectivity index (χ2v) is 8.30. The minimum Gasteiger partial charge on any atom is -0.496 e. The number of carbonyl (C=O) groups is 2. The van der Waals surface area contributed by atoms with Gasteiger partial charge in [0.2, 0.25) is 0 Å². The fourth-order valence-corrected chi connectivity index (χ4v) is 4.68. The van der Waals surface area contributed by atoms with Crippen molar-refractivity contribution in [1.29, 1.82) is 0 Å². The van der Waals surface area contributed by atoms with Crippen LogP contribution in [-0.4, -0.2) is 30.4 Å². The van der Waals surface area contributed by atoms with E-state index in [2.05, 4.69) is 0 Å². The molecule has 162 valence electrons. The Labute approximate surface area is 190 Å². The van der Waals surface area contributed by atoms with E-state index in [4.69, 9.17) is 4.74 Å². The largest absolute Gasteiger partial charge is 0.496 e. The molecule has 4 nitrogen and oxygen atoms in total. The smallest absolute Gasteiger partial charge is 0.268 e. The number of carbonyl (C=O) groups excluding carboxylic acids is 2. The molecule has 32 heavy (non-hydrogen) atoms. The van der Waals surface area contributed by atoms with E-state index >= 15 is 0 Å². The zero-order chi connectivity index (χ0) is 22.5. The average Bonchev–Trinajstić information content (AvgIpc) is 3.06. The molecule has 3 aromatic carbocycles. The molecule has 4 rings (SSSR count). The van der Waals surface area contributed by atoms with Crippen molar-refractivity contribution in [1.82, 2.24) is 4.90 Å². The molecule has 0 N–H and O–H groups in total. The van der Waals surface area contributed by atoms with Crippen LogP contribution in [0.1, 0.15) is 16.7 Å². The zero-order valence-electron chi connectivity index (χ0n) is 17.6. The maximum absolute atomic E-state index is 13.4. The number of hydrogen-bond donors (Lipinski definition) is 0. The number of halogens is 1. The standard InChI is InChI=1S/C26H22FNO3S/c1-31-22-10-6-5-9-21(22)23-24(32-17-19-7-3-2-4-8-19)26(30)28(25(23)29)16-15-18-11-13-20(27)14-12-18/h2-14H,15-17H2,1H3. The summed E-state index contributed by atoms with van der Waals surface area (Å²) in [4.78, 5) is 28.4. The Morgan fingerprint density at radius 2 is 1.53 bits per heavy atom. The Morgan fingerprint density at radius 3 is 2.25 bits per heavy atom. The molecule has 2 amide bonds. The minimum absolute atomic E-state index is 0.220. The number of amides is 2. The van der Waals surface area contributed by atoms with E-state index in [1.165, 1.54) is 28.8 Å². The molecule has 0 fully saturated rings. The van der Waals surface area contributed by atoms with Crippen molar-refractivity contribution in [3.63, 3.8) is 0 Å².